The van der Waals surface area contributed by atoms with Crippen LogP contribution in [0.1, 0.15) is 26.3 Å². The number of benzene rings is 3. The van der Waals surface area contributed by atoms with Crippen LogP contribution in [0.25, 0.3) is 11.1 Å². The van der Waals surface area contributed by atoms with E-state index in [-0.39, 0.29) is 42.4 Å². The van der Waals surface area contributed by atoms with E-state index in [9.17, 15) is 36.2 Å². The molecule has 0 bridgehead atoms. The predicted molar refractivity (Wildman–Crippen MR) is 190 cm³/mol. The van der Waals surface area contributed by atoms with Crippen molar-refractivity contribution in [1.82, 2.24) is 15.3 Å². The first kappa shape index (κ1) is 40.6. The number of hydrogen-bond acceptors (Lipinski definition) is 9. The lowest BCUT2D eigenvalue weighted by Gasteiger charge is -2.15. The van der Waals surface area contributed by atoms with Crippen LogP contribution in [-0.4, -0.2) is 63.9 Å². The van der Waals surface area contributed by atoms with Crippen LogP contribution in [0, 0.1) is 11.6 Å². The number of anilines is 5. The molecule has 1 heterocycles. The monoisotopic (exact) mass is 749 g/mol. The maximum Gasteiger partial charge on any atom is 0.416 e. The van der Waals surface area contributed by atoms with Crippen LogP contribution in [0.3, 0.4) is 0 Å². The molecule has 52 heavy (non-hydrogen) atoms. The second kappa shape index (κ2) is 17.9. The van der Waals surface area contributed by atoms with Gasteiger partial charge in [-0.3, -0.25) is 13.8 Å². The molecule has 0 aliphatic heterocycles. The SMILES string of the molecule is C=S(C)(=O)c1ccc(Nc2ncc(-c3ccc(NC(=O)Nc4cc(C(F)(F)F)ccc4F)c(F)c3)c(NCCNC(C)=O)n2)cc1.CCOC(C)=O. The van der Waals surface area contributed by atoms with E-state index in [4.69, 9.17) is 0 Å². The van der Waals surface area contributed by atoms with Crippen molar-refractivity contribution in [3.05, 3.63) is 84.1 Å². The molecule has 1 unspecified atom stereocenters. The largest absolute Gasteiger partial charge is 0.466 e. The van der Waals surface area contributed by atoms with Crippen LogP contribution in [0.15, 0.2) is 71.8 Å². The lowest BCUT2D eigenvalue weighted by atomic mass is 10.1. The molecule has 0 aliphatic rings. The number of alkyl halides is 3. The number of amides is 3. The van der Waals surface area contributed by atoms with Gasteiger partial charge in [-0.25, -0.2) is 18.6 Å². The van der Waals surface area contributed by atoms with Gasteiger partial charge in [0.1, 0.15) is 17.5 Å². The molecular formula is C34H36F5N7O5S. The fraction of sp³-hybridized carbons (Fsp3) is 0.235. The minimum absolute atomic E-state index is 0.169. The molecule has 4 aromatic rings. The van der Waals surface area contributed by atoms with Crippen molar-refractivity contribution in [3.8, 4) is 11.1 Å². The molecule has 0 radical (unpaired) electrons. The van der Waals surface area contributed by atoms with Gasteiger partial charge in [-0.1, -0.05) is 6.07 Å². The van der Waals surface area contributed by atoms with Gasteiger partial charge in [-0.15, -0.1) is 0 Å². The minimum Gasteiger partial charge on any atom is -0.466 e. The van der Waals surface area contributed by atoms with Gasteiger partial charge >= 0.3 is 18.2 Å². The highest BCUT2D eigenvalue weighted by Crippen LogP contribution is 2.33. The van der Waals surface area contributed by atoms with Gasteiger partial charge in [0.25, 0.3) is 0 Å². The number of nitrogens with zero attached hydrogens (tertiary/aromatic N) is 2. The van der Waals surface area contributed by atoms with Crippen molar-refractivity contribution in [2.45, 2.75) is 31.8 Å². The van der Waals surface area contributed by atoms with Gasteiger partial charge in [0, 0.05) is 55.5 Å². The molecule has 0 saturated heterocycles. The minimum atomic E-state index is -4.77. The zero-order chi connectivity index (χ0) is 38.6. The number of carbonyl (C=O) groups excluding carboxylic acids is 3. The number of halogens is 5. The Labute approximate surface area is 296 Å². The predicted octanol–water partition coefficient (Wildman–Crippen LogP) is 6.65. The average molecular weight is 750 g/mol. The first-order valence-corrected chi connectivity index (χ1v) is 17.4. The van der Waals surface area contributed by atoms with Gasteiger partial charge in [-0.05, 0) is 82.5 Å². The van der Waals surface area contributed by atoms with E-state index in [0.717, 1.165) is 6.07 Å². The Kier molecular flexibility index (Phi) is 14.0. The Morgan fingerprint density at radius 3 is 2.13 bits per heavy atom. The molecule has 12 nitrogen and oxygen atoms in total. The lowest BCUT2D eigenvalue weighted by molar-refractivity contribution is -0.140. The molecule has 278 valence electrons. The molecule has 5 N–H and O–H groups in total. The number of nitrogens with one attached hydrogen (secondary N) is 5. The molecule has 0 fully saturated rings. The molecule has 1 atom stereocenters. The summed E-state index contributed by atoms with van der Waals surface area (Å²) < 4.78 is 84.7. The summed E-state index contributed by atoms with van der Waals surface area (Å²) in [6.45, 7) is 5.52. The van der Waals surface area contributed by atoms with Gasteiger partial charge in [0.05, 0.1) is 23.5 Å². The average Bonchev–Trinajstić information content (AvgIpc) is 3.05. The van der Waals surface area contributed by atoms with Crippen LogP contribution in [0.4, 0.5) is 55.6 Å². The van der Waals surface area contributed by atoms with Crippen LogP contribution in [-0.2, 0) is 30.0 Å². The summed E-state index contributed by atoms with van der Waals surface area (Å²) in [6.07, 6.45) is -1.82. The van der Waals surface area contributed by atoms with Crippen molar-refractivity contribution in [3.63, 3.8) is 0 Å². The van der Waals surface area contributed by atoms with Crippen molar-refractivity contribution in [2.75, 3.05) is 47.2 Å². The van der Waals surface area contributed by atoms with E-state index in [1.807, 2.05) is 5.32 Å². The van der Waals surface area contributed by atoms with Crippen molar-refractivity contribution in [1.29, 1.82) is 0 Å². The first-order valence-electron chi connectivity index (χ1n) is 15.3. The third-order valence-corrected chi connectivity index (χ3v) is 7.88. The van der Waals surface area contributed by atoms with E-state index < -0.39 is 44.6 Å². The third-order valence-electron chi connectivity index (χ3n) is 6.61. The second-order valence-corrected chi connectivity index (χ2v) is 13.4. The molecule has 0 saturated carbocycles. The smallest absolute Gasteiger partial charge is 0.416 e. The summed E-state index contributed by atoms with van der Waals surface area (Å²) in [6, 6.07) is 10.7. The van der Waals surface area contributed by atoms with Gasteiger partial charge in [0.15, 0.2) is 0 Å². The molecule has 3 amide bonds. The quantitative estimate of drug-likeness (QED) is 0.0489. The van der Waals surface area contributed by atoms with E-state index in [1.165, 1.54) is 38.4 Å². The highest BCUT2D eigenvalue weighted by atomic mass is 32.2. The standard InChI is InChI=1S/C30H28F5N7O3S.C4H8O2/c1-17(43)36-12-13-37-27-22(16-38-28(42-27)39-20-6-8-21(9-7-20)46(2,3)45)18-4-11-25(24(32)14-18)40-29(44)41-26-15-19(30(33,34)35)5-10-23(26)31;1-3-6-4(2)5/h4-11,14-16H,2,12-13H2,1,3H3,(H,36,43)(H2,40,41,44)(H2,37,38,39,42);3H2,1-2H3. The van der Waals surface area contributed by atoms with Crippen LogP contribution >= 0.6 is 0 Å². The van der Waals surface area contributed by atoms with Crippen molar-refractivity contribution in [2.24, 2.45) is 0 Å². The first-order chi connectivity index (χ1) is 24.4. The lowest BCUT2D eigenvalue weighted by Crippen LogP contribution is -2.26. The number of hydrogen-bond donors (Lipinski definition) is 5. The van der Waals surface area contributed by atoms with Crippen LogP contribution < -0.4 is 26.6 Å². The van der Waals surface area contributed by atoms with Crippen molar-refractivity contribution >= 4 is 62.1 Å². The molecule has 18 heteroatoms. The number of carbonyl (C=O) groups is 3. The Bertz CT molecular complexity index is 2010. The van der Waals surface area contributed by atoms with E-state index in [0.29, 0.717) is 46.5 Å². The third kappa shape index (κ3) is 12.5. The Morgan fingerprint density at radius 2 is 1.58 bits per heavy atom. The number of esters is 1. The maximum atomic E-state index is 15.1. The normalized spacial score (nSPS) is 11.9. The zero-order valence-electron chi connectivity index (χ0n) is 28.4. The molecular weight excluding hydrogens is 713 g/mol. The summed E-state index contributed by atoms with van der Waals surface area (Å²) >= 11 is 0. The second-order valence-electron chi connectivity index (χ2n) is 10.9. The van der Waals surface area contributed by atoms with Gasteiger partial charge < -0.3 is 31.3 Å². The molecule has 4 rings (SSSR count). The summed E-state index contributed by atoms with van der Waals surface area (Å²) in [5.41, 5.74) is -1.02. The zero-order valence-corrected chi connectivity index (χ0v) is 29.2. The Balaban J connectivity index is 0.00000112. The number of ether oxygens (including phenoxy) is 1. The Morgan fingerprint density at radius 1 is 0.904 bits per heavy atom. The summed E-state index contributed by atoms with van der Waals surface area (Å²) in [5, 5.41) is 12.8. The number of rotatable bonds is 11. The van der Waals surface area contributed by atoms with E-state index in [2.05, 4.69) is 41.8 Å². The molecule has 0 aliphatic carbocycles. The van der Waals surface area contributed by atoms with Crippen LogP contribution in [0.5, 0.6) is 0 Å². The highest BCUT2D eigenvalue weighted by Gasteiger charge is 2.31. The summed E-state index contributed by atoms with van der Waals surface area (Å²) in [4.78, 5) is 42.8. The Hall–Kier alpha value is -5.78. The summed E-state index contributed by atoms with van der Waals surface area (Å²) in [5.74, 6) is 1.62. The fourth-order valence-electron chi connectivity index (χ4n) is 4.22. The fourth-order valence-corrected chi connectivity index (χ4v) is 4.94. The number of urea groups is 1. The van der Waals surface area contributed by atoms with E-state index >= 15 is 4.39 Å². The molecule has 3 aromatic carbocycles. The van der Waals surface area contributed by atoms with Gasteiger partial charge in [-0.2, -0.15) is 18.2 Å². The van der Waals surface area contributed by atoms with E-state index in [1.54, 1.807) is 31.2 Å². The van der Waals surface area contributed by atoms with Crippen molar-refractivity contribution < 1.29 is 45.3 Å². The molecule has 0 spiro atoms. The topological polar surface area (TPSA) is 163 Å². The highest BCUT2D eigenvalue weighted by molar-refractivity contribution is 7.99. The van der Waals surface area contributed by atoms with Crippen LogP contribution in [0.2, 0.25) is 0 Å². The summed E-state index contributed by atoms with van der Waals surface area (Å²) in [7, 11) is -2.40. The number of aromatic nitrogens is 2. The van der Waals surface area contributed by atoms with Gasteiger partial charge in [0.2, 0.25) is 11.9 Å². The maximum absolute atomic E-state index is 15.1. The molecule has 1 aromatic heterocycles.